The summed E-state index contributed by atoms with van der Waals surface area (Å²) in [7, 11) is 1.63. The fourth-order valence-corrected chi connectivity index (χ4v) is 6.14. The largest absolute Gasteiger partial charge is 0.466 e. The molecule has 2 N–H and O–H groups in total. The number of imidazole rings is 1. The molecule has 0 saturated heterocycles. The molecule has 0 spiro atoms. The molecule has 5 aromatic rings. The van der Waals surface area contributed by atoms with Crippen LogP contribution in [0.1, 0.15) is 55.5 Å². The number of amides is 1. The number of cyclic esters (lactones) is 1. The van der Waals surface area contributed by atoms with Crippen LogP contribution >= 0.6 is 0 Å². The number of ether oxygens (including phenoxy) is 3. The van der Waals surface area contributed by atoms with Crippen molar-refractivity contribution in [2.75, 3.05) is 26.8 Å². The minimum absolute atomic E-state index is 0.0420. The monoisotopic (exact) mass is 668 g/mol. The first-order valence-electron chi connectivity index (χ1n) is 16.3. The third-order valence-corrected chi connectivity index (χ3v) is 8.89. The number of benzene rings is 3. The number of aryl methyl sites for hydroxylation is 1. The Morgan fingerprint density at radius 1 is 1.12 bits per heavy atom. The smallest absolute Gasteiger partial charge is 0.409 e. The Morgan fingerprint density at radius 3 is 2.82 bits per heavy atom. The predicted octanol–water partition coefficient (Wildman–Crippen LogP) is 8.31. The Kier molecular flexibility index (Phi) is 9.80. The van der Waals surface area contributed by atoms with Crippen molar-refractivity contribution in [3.8, 4) is 22.9 Å². The molecule has 0 radical (unpaired) electrons. The molecule has 1 aliphatic rings. The van der Waals surface area contributed by atoms with Gasteiger partial charge in [0.25, 0.3) is 0 Å². The maximum absolute atomic E-state index is 15.5. The lowest BCUT2D eigenvalue weighted by atomic mass is 9.75. The SMILES string of the molecule is CCOC(=O)CCc1cccc(C2(C)CCCOC(=O)N(C)C/C=C\c3c(c(F)cc4[nH]ccc34)Oc3ccc(F)c(c3)-c3ncc2[nH]3)c1. The first-order chi connectivity index (χ1) is 23.7. The molecule has 1 atom stereocenters. The zero-order valence-electron chi connectivity index (χ0n) is 27.6. The summed E-state index contributed by atoms with van der Waals surface area (Å²) in [6.45, 7) is 4.52. The van der Waals surface area contributed by atoms with Gasteiger partial charge in [-0.25, -0.2) is 18.6 Å². The number of carbonyl (C=O) groups excluding carboxylic acids is 2. The van der Waals surface area contributed by atoms with Crippen LogP contribution in [0.15, 0.2) is 73.1 Å². The van der Waals surface area contributed by atoms with Crippen LogP contribution in [0.3, 0.4) is 0 Å². The summed E-state index contributed by atoms with van der Waals surface area (Å²) in [5, 5.41) is 0.714. The molecular weight excluding hydrogens is 630 g/mol. The normalized spacial score (nSPS) is 17.7. The van der Waals surface area contributed by atoms with Crippen molar-refractivity contribution in [2.24, 2.45) is 0 Å². The molecule has 3 aromatic carbocycles. The van der Waals surface area contributed by atoms with Crippen molar-refractivity contribution >= 4 is 29.0 Å². The molecule has 1 amide bonds. The van der Waals surface area contributed by atoms with E-state index >= 15 is 8.78 Å². The maximum Gasteiger partial charge on any atom is 0.409 e. The van der Waals surface area contributed by atoms with Gasteiger partial charge < -0.3 is 29.1 Å². The highest BCUT2D eigenvalue weighted by atomic mass is 19.1. The van der Waals surface area contributed by atoms with Gasteiger partial charge in [0, 0.05) is 66.0 Å². The number of rotatable bonds is 5. The first-order valence-corrected chi connectivity index (χ1v) is 16.3. The molecule has 6 rings (SSSR count). The molecule has 4 bridgehead atoms. The van der Waals surface area contributed by atoms with Gasteiger partial charge in [-0.15, -0.1) is 0 Å². The van der Waals surface area contributed by atoms with Crippen LogP contribution in [0.5, 0.6) is 11.5 Å². The van der Waals surface area contributed by atoms with Gasteiger partial charge in [0.05, 0.1) is 18.8 Å². The number of likely N-dealkylation sites (N-methyl/N-ethyl adjacent to an activating group) is 1. The molecule has 49 heavy (non-hydrogen) atoms. The summed E-state index contributed by atoms with van der Waals surface area (Å²) in [6, 6.07) is 15.3. The number of nitrogens with one attached hydrogen (secondary N) is 2. The Morgan fingerprint density at radius 2 is 1.98 bits per heavy atom. The second kappa shape index (κ2) is 14.3. The van der Waals surface area contributed by atoms with E-state index < -0.39 is 23.1 Å². The van der Waals surface area contributed by atoms with Crippen LogP contribution in [0.25, 0.3) is 28.4 Å². The van der Waals surface area contributed by atoms with Gasteiger partial charge in [0.15, 0.2) is 11.6 Å². The van der Waals surface area contributed by atoms with Crippen LogP contribution in [0.2, 0.25) is 0 Å². The van der Waals surface area contributed by atoms with E-state index in [1.807, 2.05) is 37.3 Å². The number of hydrogen-bond acceptors (Lipinski definition) is 6. The van der Waals surface area contributed by atoms with Gasteiger partial charge in [0.2, 0.25) is 0 Å². The van der Waals surface area contributed by atoms with Gasteiger partial charge in [-0.3, -0.25) is 4.79 Å². The van der Waals surface area contributed by atoms with E-state index in [1.165, 1.54) is 29.2 Å². The third kappa shape index (κ3) is 7.20. The first kappa shape index (κ1) is 33.5. The Balaban J connectivity index is 1.41. The Bertz CT molecular complexity index is 2020. The number of nitrogens with zero attached hydrogens (tertiary/aromatic N) is 2. The fraction of sp³-hybridized carbons (Fsp3) is 0.289. The number of hydrogen-bond donors (Lipinski definition) is 2. The zero-order valence-corrected chi connectivity index (χ0v) is 27.6. The molecular formula is C38H38F2N4O5. The number of carbonyl (C=O) groups is 2. The van der Waals surface area contributed by atoms with Gasteiger partial charge in [0.1, 0.15) is 17.4 Å². The summed E-state index contributed by atoms with van der Waals surface area (Å²) in [6.07, 6.45) is 8.14. The molecule has 0 fully saturated rings. The molecule has 0 aliphatic carbocycles. The van der Waals surface area contributed by atoms with Crippen LogP contribution in [-0.2, 0) is 26.1 Å². The molecule has 254 valence electrons. The van der Waals surface area contributed by atoms with E-state index in [2.05, 4.69) is 15.0 Å². The molecule has 0 saturated carbocycles. The van der Waals surface area contributed by atoms with Crippen LogP contribution in [0, 0.1) is 11.6 Å². The van der Waals surface area contributed by atoms with Crippen molar-refractivity contribution in [1.29, 1.82) is 0 Å². The summed E-state index contributed by atoms with van der Waals surface area (Å²) >= 11 is 0. The van der Waals surface area contributed by atoms with Crippen molar-refractivity contribution in [2.45, 2.75) is 44.9 Å². The highest BCUT2D eigenvalue weighted by Crippen LogP contribution is 2.39. The molecule has 11 heteroatoms. The maximum atomic E-state index is 15.5. The molecule has 3 heterocycles. The lowest BCUT2D eigenvalue weighted by Gasteiger charge is -2.30. The second-order valence-corrected chi connectivity index (χ2v) is 12.3. The average Bonchev–Trinajstić information content (AvgIpc) is 3.78. The number of halogens is 2. The highest BCUT2D eigenvalue weighted by molar-refractivity contribution is 5.91. The van der Waals surface area contributed by atoms with Crippen LogP contribution in [0.4, 0.5) is 13.6 Å². The van der Waals surface area contributed by atoms with E-state index in [0.29, 0.717) is 48.0 Å². The number of fused-ring (bicyclic) bond motifs is 8. The van der Waals surface area contributed by atoms with E-state index in [-0.39, 0.29) is 48.4 Å². The summed E-state index contributed by atoms with van der Waals surface area (Å²) in [5.41, 5.74) is 3.15. The highest BCUT2D eigenvalue weighted by Gasteiger charge is 2.32. The standard InChI is InChI=1S/C38H38F2N4O5/c1-4-47-34(45)14-11-24-8-5-9-25(20-24)38(2)16-7-19-48-37(46)44(3)18-6-10-28-27-15-17-41-32(27)22-31(40)35(28)49-26-12-13-30(39)29(21-26)36-42-23-33(38)43-36/h5-6,8-10,12-13,15,17,20-23,41H,4,7,11,14,16,18-19H2,1-3H3,(H,42,43)/b10-6-. The van der Waals surface area contributed by atoms with Crippen molar-refractivity contribution < 1.29 is 32.6 Å². The second-order valence-electron chi connectivity index (χ2n) is 12.3. The summed E-state index contributed by atoms with van der Waals surface area (Å²) in [4.78, 5) is 37.3. The van der Waals surface area contributed by atoms with Crippen LogP contribution in [-0.4, -0.2) is 58.7 Å². The molecule has 9 nitrogen and oxygen atoms in total. The topological polar surface area (TPSA) is 110 Å². The number of aromatic nitrogens is 3. The lowest BCUT2D eigenvalue weighted by Crippen LogP contribution is -2.29. The van der Waals surface area contributed by atoms with E-state index in [4.69, 9.17) is 14.2 Å². The summed E-state index contributed by atoms with van der Waals surface area (Å²) in [5.74, 6) is -0.954. The number of esters is 1. The van der Waals surface area contributed by atoms with E-state index in [1.54, 1.807) is 38.5 Å². The molecule has 1 aliphatic heterocycles. The minimum atomic E-state index is -0.663. The lowest BCUT2D eigenvalue weighted by molar-refractivity contribution is -0.143. The number of H-pyrrole nitrogens is 2. The number of aromatic amines is 2. The quantitative estimate of drug-likeness (QED) is 0.182. The van der Waals surface area contributed by atoms with Crippen molar-refractivity contribution in [1.82, 2.24) is 19.9 Å². The Hall–Kier alpha value is -5.45. The average molecular weight is 669 g/mol. The minimum Gasteiger partial charge on any atom is -0.466 e. The van der Waals surface area contributed by atoms with Crippen molar-refractivity contribution in [3.63, 3.8) is 0 Å². The van der Waals surface area contributed by atoms with Gasteiger partial charge in [-0.1, -0.05) is 36.4 Å². The van der Waals surface area contributed by atoms with Crippen LogP contribution < -0.4 is 4.74 Å². The molecule has 2 aromatic heterocycles. The van der Waals surface area contributed by atoms with Gasteiger partial charge in [-0.05, 0) is 68.5 Å². The van der Waals surface area contributed by atoms with Crippen molar-refractivity contribution in [3.05, 3.63) is 107 Å². The Labute approximate surface area is 282 Å². The molecule has 1 unspecified atom stereocenters. The predicted molar refractivity (Wildman–Crippen MR) is 182 cm³/mol. The fourth-order valence-electron chi connectivity index (χ4n) is 6.14. The van der Waals surface area contributed by atoms with Gasteiger partial charge in [-0.2, -0.15) is 0 Å². The zero-order chi connectivity index (χ0) is 34.5. The van der Waals surface area contributed by atoms with E-state index in [0.717, 1.165) is 11.1 Å². The van der Waals surface area contributed by atoms with E-state index in [9.17, 15) is 9.59 Å². The summed E-state index contributed by atoms with van der Waals surface area (Å²) < 4.78 is 47.8. The van der Waals surface area contributed by atoms with Gasteiger partial charge >= 0.3 is 12.1 Å². The third-order valence-electron chi connectivity index (χ3n) is 8.89.